The summed E-state index contributed by atoms with van der Waals surface area (Å²) in [5.74, 6) is 0.118. The number of furan rings is 1. The van der Waals surface area contributed by atoms with Gasteiger partial charge in [0.15, 0.2) is 0 Å². The zero-order valence-electron chi connectivity index (χ0n) is 20.7. The minimum absolute atomic E-state index is 0.00355. The van der Waals surface area contributed by atoms with E-state index in [0.717, 1.165) is 19.3 Å². The van der Waals surface area contributed by atoms with Crippen LogP contribution in [0.2, 0.25) is 10.0 Å². The van der Waals surface area contributed by atoms with Crippen LogP contribution >= 0.6 is 23.2 Å². The zero-order chi connectivity index (χ0) is 26.3. The van der Waals surface area contributed by atoms with Crippen LogP contribution in [0.4, 0.5) is 0 Å². The third-order valence-corrected chi connectivity index (χ3v) is 7.75. The third kappa shape index (κ3) is 4.64. The molecule has 0 radical (unpaired) electrons. The van der Waals surface area contributed by atoms with E-state index >= 15 is 0 Å². The summed E-state index contributed by atoms with van der Waals surface area (Å²) in [6.07, 6.45) is 4.56. The van der Waals surface area contributed by atoms with E-state index in [-0.39, 0.29) is 23.4 Å². The molecule has 1 N–H and O–H groups in total. The highest BCUT2D eigenvalue weighted by atomic mass is 35.5. The lowest BCUT2D eigenvalue weighted by molar-refractivity contribution is -0.138. The average Bonchev–Trinajstić information content (AvgIpc) is 3.56. The number of aromatic amines is 1. The van der Waals surface area contributed by atoms with Crippen molar-refractivity contribution in [3.05, 3.63) is 79.7 Å². The average molecular weight is 543 g/mol. The largest absolute Gasteiger partial charge is 0.467 e. The highest BCUT2D eigenvalue weighted by Gasteiger charge is 2.44. The molecule has 194 valence electrons. The van der Waals surface area contributed by atoms with Gasteiger partial charge in [0.2, 0.25) is 0 Å². The first kappa shape index (κ1) is 25.4. The number of imide groups is 1. The Morgan fingerprint density at radius 3 is 2.46 bits per heavy atom. The van der Waals surface area contributed by atoms with Crippen LogP contribution in [0, 0.1) is 5.92 Å². The van der Waals surface area contributed by atoms with Crippen LogP contribution < -0.4 is 5.56 Å². The van der Waals surface area contributed by atoms with Gasteiger partial charge >= 0.3 is 0 Å². The Balaban J connectivity index is 1.67. The van der Waals surface area contributed by atoms with Crippen LogP contribution in [0.15, 0.2) is 51.5 Å². The van der Waals surface area contributed by atoms with Crippen LogP contribution in [0.3, 0.4) is 0 Å². The highest BCUT2D eigenvalue weighted by Crippen LogP contribution is 2.35. The van der Waals surface area contributed by atoms with E-state index in [1.54, 1.807) is 30.3 Å². The number of halogens is 2. The first-order valence-corrected chi connectivity index (χ1v) is 13.2. The second-order valence-corrected chi connectivity index (χ2v) is 10.4. The number of rotatable bonds is 7. The van der Waals surface area contributed by atoms with Gasteiger partial charge in [0.25, 0.3) is 17.4 Å². The molecule has 1 aromatic carbocycles. The quantitative estimate of drug-likeness (QED) is 0.422. The first-order valence-electron chi connectivity index (χ1n) is 12.5. The predicted molar refractivity (Wildman–Crippen MR) is 142 cm³/mol. The molecule has 2 aliphatic rings. The normalized spacial score (nSPS) is 17.0. The number of carbonyl (C=O) groups is 2. The lowest BCUT2D eigenvalue weighted by atomic mass is 9.97. The molecule has 0 atom stereocenters. The molecule has 0 aliphatic carbocycles. The number of nitrogens with one attached hydrogen (secondary N) is 1. The molecule has 0 bridgehead atoms. The second-order valence-electron chi connectivity index (χ2n) is 9.62. The molecule has 1 saturated heterocycles. The summed E-state index contributed by atoms with van der Waals surface area (Å²) in [4.78, 5) is 44.7. The monoisotopic (exact) mass is 542 g/mol. The van der Waals surface area contributed by atoms with Gasteiger partial charge in [-0.25, -0.2) is 4.68 Å². The van der Waals surface area contributed by atoms with Gasteiger partial charge in [-0.05, 0) is 55.5 Å². The number of carbonyl (C=O) groups excluding carboxylic acids is 2. The van der Waals surface area contributed by atoms with Gasteiger partial charge in [0.05, 0.1) is 39.7 Å². The summed E-state index contributed by atoms with van der Waals surface area (Å²) in [6, 6.07) is 8.31. The Bertz CT molecular complexity index is 1430. The number of aryl methyl sites for hydroxylation is 1. The molecular formula is C27H28Cl2N4O4. The number of nitrogens with zero attached hydrogens (tertiary/aromatic N) is 3. The Hall–Kier alpha value is -3.23. The third-order valence-electron chi connectivity index (χ3n) is 7.01. The lowest BCUT2D eigenvalue weighted by Gasteiger charge is -2.32. The van der Waals surface area contributed by atoms with E-state index in [4.69, 9.17) is 27.6 Å². The number of piperidine rings is 1. The van der Waals surface area contributed by atoms with E-state index in [1.807, 2.05) is 11.8 Å². The van der Waals surface area contributed by atoms with Crippen molar-refractivity contribution in [2.45, 2.75) is 46.1 Å². The van der Waals surface area contributed by atoms with Crippen LogP contribution in [0.5, 0.6) is 0 Å². The van der Waals surface area contributed by atoms with E-state index in [0.29, 0.717) is 52.6 Å². The fourth-order valence-electron chi connectivity index (χ4n) is 4.99. The van der Waals surface area contributed by atoms with E-state index in [2.05, 4.69) is 12.0 Å². The van der Waals surface area contributed by atoms with Gasteiger partial charge in [-0.2, -0.15) is 0 Å². The summed E-state index contributed by atoms with van der Waals surface area (Å²) >= 11 is 12.3. The predicted octanol–water partition coefficient (Wildman–Crippen LogP) is 5.03. The fourth-order valence-corrected chi connectivity index (χ4v) is 5.29. The zero-order valence-corrected chi connectivity index (χ0v) is 22.2. The Morgan fingerprint density at radius 1 is 1.05 bits per heavy atom. The molecule has 0 unspecified atom stereocenters. The summed E-state index contributed by atoms with van der Waals surface area (Å²) in [6.45, 7) is 5.45. The van der Waals surface area contributed by atoms with Crippen molar-refractivity contribution in [1.29, 1.82) is 0 Å². The van der Waals surface area contributed by atoms with Crippen LogP contribution in [-0.4, -0.2) is 44.5 Å². The molecule has 2 amide bonds. The van der Waals surface area contributed by atoms with Crippen molar-refractivity contribution in [2.24, 2.45) is 5.92 Å². The van der Waals surface area contributed by atoms with Gasteiger partial charge in [-0.1, -0.05) is 43.5 Å². The standard InChI is InChI=1S/C27H28Cl2N4O4/c1-3-5-21-22(26(35)33(30-21)17-7-8-19(28)20(29)14-17)23-24(31-11-9-16(2)10-12-31)27(36)32(25(23)34)15-18-6-4-13-37-18/h4,6-8,13-14,16,30H,3,5,9-12,15H2,1-2H3. The molecule has 3 aromatic rings. The second kappa shape index (κ2) is 10.3. The Kier molecular flexibility index (Phi) is 7.05. The molecule has 4 heterocycles. The summed E-state index contributed by atoms with van der Waals surface area (Å²) in [5, 5.41) is 3.84. The van der Waals surface area contributed by atoms with Crippen molar-refractivity contribution < 1.29 is 14.0 Å². The number of aromatic nitrogens is 2. The molecule has 0 spiro atoms. The minimum Gasteiger partial charge on any atom is -0.467 e. The number of hydrogen-bond donors (Lipinski definition) is 1. The maximum atomic E-state index is 13.9. The maximum absolute atomic E-state index is 13.9. The van der Waals surface area contributed by atoms with Crippen LogP contribution in [0.25, 0.3) is 11.3 Å². The number of hydrogen-bond acceptors (Lipinski definition) is 5. The molecule has 8 nitrogen and oxygen atoms in total. The molecule has 0 saturated carbocycles. The summed E-state index contributed by atoms with van der Waals surface area (Å²) in [7, 11) is 0. The minimum atomic E-state index is -0.496. The van der Waals surface area contributed by atoms with Crippen molar-refractivity contribution in [2.75, 3.05) is 13.1 Å². The van der Waals surface area contributed by atoms with Crippen molar-refractivity contribution in [1.82, 2.24) is 19.6 Å². The summed E-state index contributed by atoms with van der Waals surface area (Å²) < 4.78 is 6.78. The van der Waals surface area contributed by atoms with Crippen LogP contribution in [0.1, 0.15) is 50.1 Å². The van der Waals surface area contributed by atoms with E-state index in [1.165, 1.54) is 15.8 Å². The van der Waals surface area contributed by atoms with E-state index in [9.17, 15) is 14.4 Å². The molecular weight excluding hydrogens is 515 g/mol. The molecule has 1 fully saturated rings. The van der Waals surface area contributed by atoms with Crippen molar-refractivity contribution >= 4 is 40.6 Å². The highest BCUT2D eigenvalue weighted by molar-refractivity contribution is 6.42. The summed E-state index contributed by atoms with van der Waals surface area (Å²) in [5.41, 5.74) is 1.33. The topological polar surface area (TPSA) is 91.6 Å². The Labute approximate surface area is 224 Å². The number of H-pyrrole nitrogens is 1. The number of amides is 2. The van der Waals surface area contributed by atoms with E-state index < -0.39 is 17.4 Å². The maximum Gasteiger partial charge on any atom is 0.279 e. The fraction of sp³-hybridized carbons (Fsp3) is 0.370. The number of benzene rings is 1. The van der Waals surface area contributed by atoms with Gasteiger partial charge in [0, 0.05) is 18.8 Å². The lowest BCUT2D eigenvalue weighted by Crippen LogP contribution is -2.38. The van der Waals surface area contributed by atoms with Crippen molar-refractivity contribution in [3.63, 3.8) is 0 Å². The molecule has 37 heavy (non-hydrogen) atoms. The Morgan fingerprint density at radius 2 is 1.81 bits per heavy atom. The molecule has 5 rings (SSSR count). The SMILES string of the molecule is CCCc1[nH]n(-c2ccc(Cl)c(Cl)c2)c(=O)c1C1=C(N2CCC(C)CC2)C(=O)N(Cc2ccco2)C1=O. The van der Waals surface area contributed by atoms with Crippen molar-refractivity contribution in [3.8, 4) is 5.69 Å². The van der Waals surface area contributed by atoms with Gasteiger partial charge in [-0.3, -0.25) is 24.4 Å². The smallest absolute Gasteiger partial charge is 0.279 e. The molecule has 2 aromatic heterocycles. The first-order chi connectivity index (χ1) is 17.8. The molecule has 10 heteroatoms. The number of likely N-dealkylation sites (tertiary alicyclic amines) is 1. The van der Waals surface area contributed by atoms with Gasteiger partial charge in [-0.15, -0.1) is 0 Å². The van der Waals surface area contributed by atoms with Gasteiger partial charge in [0.1, 0.15) is 11.5 Å². The van der Waals surface area contributed by atoms with Crippen LogP contribution in [-0.2, 0) is 22.6 Å². The molecule has 2 aliphatic heterocycles. The van der Waals surface area contributed by atoms with Gasteiger partial charge < -0.3 is 9.32 Å².